The Labute approximate surface area is 124 Å². The summed E-state index contributed by atoms with van der Waals surface area (Å²) >= 11 is 0. The lowest BCUT2D eigenvalue weighted by Gasteiger charge is -2.32. The number of ether oxygens (including phenoxy) is 1. The van der Waals surface area contributed by atoms with Gasteiger partial charge in [0.25, 0.3) is 0 Å². The number of nitrogen functional groups attached to an aromatic ring is 1. The molecule has 1 atom stereocenters. The molecule has 0 saturated carbocycles. The fourth-order valence-electron chi connectivity index (χ4n) is 2.58. The second-order valence-electron chi connectivity index (χ2n) is 5.22. The molecule has 1 aromatic rings. The van der Waals surface area contributed by atoms with E-state index in [1.165, 1.54) is 10.4 Å². The monoisotopic (exact) mass is 316 g/mol. The first-order chi connectivity index (χ1) is 9.86. The average Bonchev–Trinajstić information content (AvgIpc) is 2.43. The third-order valence-corrected chi connectivity index (χ3v) is 5.66. The van der Waals surface area contributed by atoms with Gasteiger partial charge in [0.2, 0.25) is 10.0 Å². The lowest BCUT2D eigenvalue weighted by atomic mass is 10.1. The van der Waals surface area contributed by atoms with Gasteiger partial charge in [0.15, 0.2) is 0 Å². The van der Waals surface area contributed by atoms with E-state index in [0.29, 0.717) is 25.3 Å². The number of piperidine rings is 1. The summed E-state index contributed by atoms with van der Waals surface area (Å²) in [4.78, 5) is 0.0681. The van der Waals surface area contributed by atoms with Crippen LogP contribution in [-0.2, 0) is 14.8 Å². The van der Waals surface area contributed by atoms with E-state index in [9.17, 15) is 12.8 Å². The summed E-state index contributed by atoms with van der Waals surface area (Å²) in [5, 5.41) is 0. The number of hydrogen-bond acceptors (Lipinski definition) is 4. The molecular formula is C14H21FN2O3S. The lowest BCUT2D eigenvalue weighted by molar-refractivity contribution is 0.0265. The minimum Gasteiger partial charge on any atom is -0.396 e. The van der Waals surface area contributed by atoms with Gasteiger partial charge in [-0.2, -0.15) is 4.31 Å². The van der Waals surface area contributed by atoms with Crippen LogP contribution in [0.2, 0.25) is 0 Å². The molecule has 5 nitrogen and oxygen atoms in total. The second-order valence-corrected chi connectivity index (χ2v) is 7.13. The fourth-order valence-corrected chi connectivity index (χ4v) is 4.33. The maximum Gasteiger partial charge on any atom is 0.243 e. The largest absolute Gasteiger partial charge is 0.396 e. The summed E-state index contributed by atoms with van der Waals surface area (Å²) in [7, 11) is -3.68. The first kappa shape index (κ1) is 16.2. The molecule has 2 rings (SSSR count). The molecule has 7 heteroatoms. The summed E-state index contributed by atoms with van der Waals surface area (Å²) in [5.74, 6) is -0.600. The van der Waals surface area contributed by atoms with Crippen LogP contribution in [0.3, 0.4) is 0 Å². The molecular weight excluding hydrogens is 295 g/mol. The van der Waals surface area contributed by atoms with E-state index in [4.69, 9.17) is 10.5 Å². The van der Waals surface area contributed by atoms with Crippen molar-refractivity contribution in [3.8, 4) is 0 Å². The Balaban J connectivity index is 2.31. The highest BCUT2D eigenvalue weighted by Gasteiger charge is 2.31. The van der Waals surface area contributed by atoms with Crippen LogP contribution >= 0.6 is 0 Å². The summed E-state index contributed by atoms with van der Waals surface area (Å²) in [6.45, 7) is 4.79. The standard InChI is InChI=1S/C14H21FN2O3S/c1-3-20-11-5-4-6-17(9-11)21(18,19)14-8-13(16)12(15)7-10(14)2/h7-8,11H,3-6,9,16H2,1-2H3. The number of benzene rings is 1. The van der Waals surface area contributed by atoms with Gasteiger partial charge in [-0.05, 0) is 44.4 Å². The SMILES string of the molecule is CCOC1CCCN(S(=O)(=O)c2cc(N)c(F)cc2C)C1. The van der Waals surface area contributed by atoms with Gasteiger partial charge in [0.1, 0.15) is 5.82 Å². The molecule has 1 aliphatic heterocycles. The summed E-state index contributed by atoms with van der Waals surface area (Å²) in [6.07, 6.45) is 1.51. The molecule has 0 aliphatic carbocycles. The number of halogens is 1. The van der Waals surface area contributed by atoms with Crippen molar-refractivity contribution in [2.45, 2.75) is 37.7 Å². The van der Waals surface area contributed by atoms with Crippen molar-refractivity contribution in [3.05, 3.63) is 23.5 Å². The van der Waals surface area contributed by atoms with Crippen LogP contribution in [0.15, 0.2) is 17.0 Å². The van der Waals surface area contributed by atoms with Gasteiger partial charge in [-0.3, -0.25) is 0 Å². The van der Waals surface area contributed by atoms with Crippen molar-refractivity contribution in [2.24, 2.45) is 0 Å². The van der Waals surface area contributed by atoms with Gasteiger partial charge < -0.3 is 10.5 Å². The number of aryl methyl sites for hydroxylation is 1. The van der Waals surface area contributed by atoms with E-state index in [1.54, 1.807) is 6.92 Å². The van der Waals surface area contributed by atoms with Crippen LogP contribution in [-0.4, -0.2) is 38.5 Å². The number of anilines is 1. The zero-order chi connectivity index (χ0) is 15.6. The van der Waals surface area contributed by atoms with Crippen molar-refractivity contribution in [3.63, 3.8) is 0 Å². The first-order valence-corrected chi connectivity index (χ1v) is 8.47. The quantitative estimate of drug-likeness (QED) is 0.861. The topological polar surface area (TPSA) is 72.6 Å². The van der Waals surface area contributed by atoms with Crippen LogP contribution < -0.4 is 5.73 Å². The van der Waals surface area contributed by atoms with E-state index in [2.05, 4.69) is 0 Å². The molecule has 1 aromatic carbocycles. The van der Waals surface area contributed by atoms with Crippen molar-refractivity contribution >= 4 is 15.7 Å². The summed E-state index contributed by atoms with van der Waals surface area (Å²) in [5.41, 5.74) is 5.71. The molecule has 0 amide bonds. The van der Waals surface area contributed by atoms with Crippen LogP contribution in [0, 0.1) is 12.7 Å². The molecule has 1 fully saturated rings. The number of nitrogens with two attached hydrogens (primary N) is 1. The van der Waals surface area contributed by atoms with Gasteiger partial charge in [-0.15, -0.1) is 0 Å². The van der Waals surface area contributed by atoms with Crippen LogP contribution in [0.1, 0.15) is 25.3 Å². The van der Waals surface area contributed by atoms with Crippen molar-refractivity contribution < 1.29 is 17.5 Å². The van der Waals surface area contributed by atoms with Gasteiger partial charge in [-0.1, -0.05) is 0 Å². The van der Waals surface area contributed by atoms with Crippen LogP contribution in [0.5, 0.6) is 0 Å². The van der Waals surface area contributed by atoms with Gasteiger partial charge in [0.05, 0.1) is 16.7 Å². The predicted molar refractivity (Wildman–Crippen MR) is 79.0 cm³/mol. The molecule has 21 heavy (non-hydrogen) atoms. The fraction of sp³-hybridized carbons (Fsp3) is 0.571. The van der Waals surface area contributed by atoms with Gasteiger partial charge >= 0.3 is 0 Å². The van der Waals surface area contributed by atoms with E-state index in [1.807, 2.05) is 6.92 Å². The van der Waals surface area contributed by atoms with E-state index in [-0.39, 0.29) is 16.7 Å². The third kappa shape index (κ3) is 3.36. The Bertz CT molecular complexity index is 617. The summed E-state index contributed by atoms with van der Waals surface area (Å²) in [6, 6.07) is 2.36. The van der Waals surface area contributed by atoms with Gasteiger partial charge in [0, 0.05) is 19.7 Å². The molecule has 0 bridgehead atoms. The summed E-state index contributed by atoms with van der Waals surface area (Å²) < 4.78 is 45.8. The van der Waals surface area contributed by atoms with Crippen LogP contribution in [0.4, 0.5) is 10.1 Å². The second kappa shape index (κ2) is 6.29. The molecule has 1 aliphatic rings. The minimum atomic E-state index is -3.68. The highest BCUT2D eigenvalue weighted by Crippen LogP contribution is 2.27. The third-order valence-electron chi connectivity index (χ3n) is 3.66. The number of hydrogen-bond donors (Lipinski definition) is 1. The van der Waals surface area contributed by atoms with Crippen molar-refractivity contribution in [2.75, 3.05) is 25.4 Å². The highest BCUT2D eigenvalue weighted by atomic mass is 32.2. The molecule has 0 aromatic heterocycles. The molecule has 118 valence electrons. The maximum absolute atomic E-state index is 13.4. The highest BCUT2D eigenvalue weighted by molar-refractivity contribution is 7.89. The Hall–Kier alpha value is -1.18. The molecule has 1 unspecified atom stereocenters. The minimum absolute atomic E-state index is 0.0681. The maximum atomic E-state index is 13.4. The normalized spacial score (nSPS) is 20.6. The zero-order valence-corrected chi connectivity index (χ0v) is 13.1. The van der Waals surface area contributed by atoms with E-state index in [0.717, 1.165) is 18.9 Å². The van der Waals surface area contributed by atoms with Crippen molar-refractivity contribution in [1.82, 2.24) is 4.31 Å². The average molecular weight is 316 g/mol. The Morgan fingerprint density at radius 1 is 1.48 bits per heavy atom. The first-order valence-electron chi connectivity index (χ1n) is 7.03. The lowest BCUT2D eigenvalue weighted by Crippen LogP contribution is -2.43. The molecule has 1 heterocycles. The Kier molecular flexibility index (Phi) is 4.85. The van der Waals surface area contributed by atoms with Gasteiger partial charge in [-0.25, -0.2) is 12.8 Å². The zero-order valence-electron chi connectivity index (χ0n) is 12.3. The van der Waals surface area contributed by atoms with E-state index < -0.39 is 15.8 Å². The number of nitrogens with zero attached hydrogens (tertiary/aromatic N) is 1. The number of rotatable bonds is 4. The molecule has 0 radical (unpaired) electrons. The molecule has 1 saturated heterocycles. The predicted octanol–water partition coefficient (Wildman–Crippen LogP) is 1.91. The van der Waals surface area contributed by atoms with Crippen LogP contribution in [0.25, 0.3) is 0 Å². The van der Waals surface area contributed by atoms with Crippen molar-refractivity contribution in [1.29, 1.82) is 0 Å². The van der Waals surface area contributed by atoms with E-state index >= 15 is 0 Å². The Morgan fingerprint density at radius 2 is 2.19 bits per heavy atom. The number of sulfonamides is 1. The smallest absolute Gasteiger partial charge is 0.243 e. The Morgan fingerprint density at radius 3 is 2.86 bits per heavy atom. The molecule has 0 spiro atoms. The molecule has 2 N–H and O–H groups in total.